The minimum Gasteiger partial charge on any atom is -0.0826 e. The number of rotatable bonds is 3. The van der Waals surface area contributed by atoms with Gasteiger partial charge in [-0.15, -0.1) is 0 Å². The van der Waals surface area contributed by atoms with Crippen LogP contribution in [0.5, 0.6) is 0 Å². The van der Waals surface area contributed by atoms with E-state index in [1.807, 2.05) is 0 Å². The summed E-state index contributed by atoms with van der Waals surface area (Å²) in [5, 5.41) is 0. The topological polar surface area (TPSA) is 0 Å². The Morgan fingerprint density at radius 1 is 0.833 bits per heavy atom. The Morgan fingerprint density at radius 2 is 1.25 bits per heavy atom. The van der Waals surface area contributed by atoms with Crippen LogP contribution in [0.2, 0.25) is 0 Å². The van der Waals surface area contributed by atoms with Crippen LogP contribution >= 0.6 is 0 Å². The molecule has 0 nitrogen and oxygen atoms in total. The van der Waals surface area contributed by atoms with E-state index in [2.05, 4.69) is 53.7 Å². The lowest BCUT2D eigenvalue weighted by Gasteiger charge is -2.24. The molecule has 12 heavy (non-hydrogen) atoms. The van der Waals surface area contributed by atoms with Crippen LogP contribution in [0, 0.1) is 10.8 Å². The van der Waals surface area contributed by atoms with Gasteiger partial charge in [0.25, 0.3) is 0 Å². The van der Waals surface area contributed by atoms with Gasteiger partial charge >= 0.3 is 0 Å². The average molecular weight is 168 g/mol. The fourth-order valence-corrected chi connectivity index (χ4v) is 0.937. The molecular formula is C12H24. The second-order valence-corrected chi connectivity index (χ2v) is 5.06. The Balaban J connectivity index is 4.30. The van der Waals surface area contributed by atoms with Crippen LogP contribution in [0.3, 0.4) is 0 Å². The van der Waals surface area contributed by atoms with E-state index in [9.17, 15) is 0 Å². The SMILES string of the molecule is CCC(C)(C=CC(C)(C)C)CC. The molecule has 0 radical (unpaired) electrons. The zero-order valence-electron chi connectivity index (χ0n) is 9.57. The molecular weight excluding hydrogens is 144 g/mol. The van der Waals surface area contributed by atoms with Gasteiger partial charge in [-0.3, -0.25) is 0 Å². The summed E-state index contributed by atoms with van der Waals surface area (Å²) in [7, 11) is 0. The molecule has 0 fully saturated rings. The Labute approximate surface area is 78.1 Å². The van der Waals surface area contributed by atoms with Gasteiger partial charge in [-0.05, 0) is 23.7 Å². The van der Waals surface area contributed by atoms with Crippen molar-refractivity contribution in [1.82, 2.24) is 0 Å². The molecule has 0 spiro atoms. The lowest BCUT2D eigenvalue weighted by molar-refractivity contribution is 0.388. The second-order valence-electron chi connectivity index (χ2n) is 5.06. The molecule has 0 aliphatic rings. The monoisotopic (exact) mass is 168 g/mol. The summed E-state index contributed by atoms with van der Waals surface area (Å²) in [5.41, 5.74) is 0.735. The van der Waals surface area contributed by atoms with Gasteiger partial charge in [0.2, 0.25) is 0 Å². The maximum Gasteiger partial charge on any atom is -0.0152 e. The number of allylic oxidation sites excluding steroid dienone is 2. The van der Waals surface area contributed by atoms with Crippen molar-refractivity contribution in [1.29, 1.82) is 0 Å². The van der Waals surface area contributed by atoms with Crippen molar-refractivity contribution in [2.75, 3.05) is 0 Å². The molecule has 0 saturated carbocycles. The standard InChI is InChI=1S/C12H24/c1-7-12(6,8-2)10-9-11(3,4)5/h9-10H,7-8H2,1-6H3. The summed E-state index contributed by atoms with van der Waals surface area (Å²) >= 11 is 0. The molecule has 0 aromatic carbocycles. The lowest BCUT2D eigenvalue weighted by Crippen LogP contribution is -2.11. The average Bonchev–Trinajstić information content (AvgIpc) is 1.99. The summed E-state index contributed by atoms with van der Waals surface area (Å²) in [6.07, 6.45) is 7.18. The van der Waals surface area contributed by atoms with Gasteiger partial charge in [0.15, 0.2) is 0 Å². The Hall–Kier alpha value is -0.260. The fraction of sp³-hybridized carbons (Fsp3) is 0.833. The van der Waals surface area contributed by atoms with Crippen LogP contribution in [0.1, 0.15) is 54.4 Å². The van der Waals surface area contributed by atoms with Crippen molar-refractivity contribution in [3.63, 3.8) is 0 Å². The third-order valence-corrected chi connectivity index (χ3v) is 2.60. The van der Waals surface area contributed by atoms with Crippen LogP contribution < -0.4 is 0 Å². The third kappa shape index (κ3) is 4.58. The quantitative estimate of drug-likeness (QED) is 0.547. The smallest absolute Gasteiger partial charge is 0.0152 e. The number of hydrogen-bond acceptors (Lipinski definition) is 0. The maximum absolute atomic E-state index is 2.38. The van der Waals surface area contributed by atoms with E-state index < -0.39 is 0 Å². The molecule has 0 amide bonds. The Kier molecular flexibility index (Phi) is 4.02. The summed E-state index contributed by atoms with van der Waals surface area (Å²) in [6.45, 7) is 13.6. The Bertz CT molecular complexity index is 142. The minimum absolute atomic E-state index is 0.325. The highest BCUT2D eigenvalue weighted by atomic mass is 14.2. The predicted molar refractivity (Wildman–Crippen MR) is 57.3 cm³/mol. The van der Waals surface area contributed by atoms with Crippen LogP contribution in [-0.2, 0) is 0 Å². The third-order valence-electron chi connectivity index (χ3n) is 2.60. The van der Waals surface area contributed by atoms with Crippen LogP contribution in [0.15, 0.2) is 12.2 Å². The van der Waals surface area contributed by atoms with Gasteiger partial charge in [-0.2, -0.15) is 0 Å². The molecule has 0 rings (SSSR count). The van der Waals surface area contributed by atoms with Gasteiger partial charge in [0, 0.05) is 0 Å². The fourth-order valence-electron chi connectivity index (χ4n) is 0.937. The van der Waals surface area contributed by atoms with E-state index in [1.54, 1.807) is 0 Å². The van der Waals surface area contributed by atoms with Gasteiger partial charge in [-0.25, -0.2) is 0 Å². The van der Waals surface area contributed by atoms with E-state index in [1.165, 1.54) is 12.8 Å². The first-order valence-corrected chi connectivity index (χ1v) is 5.03. The minimum atomic E-state index is 0.325. The maximum atomic E-state index is 2.38. The number of hydrogen-bond donors (Lipinski definition) is 0. The summed E-state index contributed by atoms with van der Waals surface area (Å²) < 4.78 is 0. The lowest BCUT2D eigenvalue weighted by atomic mass is 9.82. The highest BCUT2D eigenvalue weighted by molar-refractivity contribution is 5.01. The molecule has 0 N–H and O–H groups in total. The van der Waals surface area contributed by atoms with Crippen molar-refractivity contribution in [2.45, 2.75) is 54.4 Å². The normalized spacial score (nSPS) is 14.2. The molecule has 0 aliphatic heterocycles. The molecule has 0 unspecified atom stereocenters. The van der Waals surface area contributed by atoms with Gasteiger partial charge in [-0.1, -0.05) is 53.7 Å². The first-order valence-electron chi connectivity index (χ1n) is 5.03. The first-order chi connectivity index (χ1) is 5.33. The van der Waals surface area contributed by atoms with Crippen molar-refractivity contribution in [2.24, 2.45) is 10.8 Å². The molecule has 0 saturated heterocycles. The van der Waals surface area contributed by atoms with Crippen molar-refractivity contribution < 1.29 is 0 Å². The van der Waals surface area contributed by atoms with Crippen LogP contribution in [-0.4, -0.2) is 0 Å². The second kappa shape index (κ2) is 4.11. The summed E-state index contributed by atoms with van der Waals surface area (Å²) in [4.78, 5) is 0. The molecule has 0 aromatic rings. The van der Waals surface area contributed by atoms with Crippen molar-refractivity contribution >= 4 is 0 Å². The zero-order valence-corrected chi connectivity index (χ0v) is 9.57. The molecule has 72 valence electrons. The zero-order chi connectivity index (χ0) is 9.83. The van der Waals surface area contributed by atoms with Gasteiger partial charge in [0.1, 0.15) is 0 Å². The van der Waals surface area contributed by atoms with Crippen LogP contribution in [0.4, 0.5) is 0 Å². The first kappa shape index (κ1) is 11.7. The van der Waals surface area contributed by atoms with E-state index in [0.717, 1.165) is 0 Å². The van der Waals surface area contributed by atoms with E-state index in [-0.39, 0.29) is 0 Å². The van der Waals surface area contributed by atoms with Crippen molar-refractivity contribution in [3.05, 3.63) is 12.2 Å². The molecule has 0 aromatic heterocycles. The molecule has 0 bridgehead atoms. The summed E-state index contributed by atoms with van der Waals surface area (Å²) in [6, 6.07) is 0. The summed E-state index contributed by atoms with van der Waals surface area (Å²) in [5.74, 6) is 0. The van der Waals surface area contributed by atoms with Gasteiger partial charge < -0.3 is 0 Å². The molecule has 0 aliphatic carbocycles. The van der Waals surface area contributed by atoms with Crippen LogP contribution in [0.25, 0.3) is 0 Å². The predicted octanol–water partition coefficient (Wildman–Crippen LogP) is 4.42. The van der Waals surface area contributed by atoms with E-state index in [4.69, 9.17) is 0 Å². The largest absolute Gasteiger partial charge is 0.0826 e. The van der Waals surface area contributed by atoms with Crippen molar-refractivity contribution in [3.8, 4) is 0 Å². The van der Waals surface area contributed by atoms with E-state index >= 15 is 0 Å². The van der Waals surface area contributed by atoms with Gasteiger partial charge in [0.05, 0.1) is 0 Å². The molecule has 0 heteroatoms. The van der Waals surface area contributed by atoms with E-state index in [0.29, 0.717) is 10.8 Å². The highest BCUT2D eigenvalue weighted by Crippen LogP contribution is 2.29. The molecule has 0 heterocycles. The Morgan fingerprint density at radius 3 is 1.50 bits per heavy atom. The molecule has 0 atom stereocenters. The highest BCUT2D eigenvalue weighted by Gasteiger charge is 2.16.